The number of carboxylic acid groups (broad SMARTS) is 1. The molecule has 1 aliphatic rings. The summed E-state index contributed by atoms with van der Waals surface area (Å²) in [6, 6.07) is 0. The predicted molar refractivity (Wildman–Crippen MR) is 59.3 cm³/mol. The van der Waals surface area contributed by atoms with Gasteiger partial charge in [-0.1, -0.05) is 6.92 Å². The van der Waals surface area contributed by atoms with Crippen LogP contribution in [0.2, 0.25) is 0 Å². The molecule has 5 nitrogen and oxygen atoms in total. The fourth-order valence-electron chi connectivity index (χ4n) is 2.17. The van der Waals surface area contributed by atoms with Crippen molar-refractivity contribution < 1.29 is 9.90 Å². The summed E-state index contributed by atoms with van der Waals surface area (Å²) in [5.74, 6) is -0.0741. The molecule has 0 bridgehead atoms. The first-order valence-corrected chi connectivity index (χ1v) is 5.35. The minimum atomic E-state index is -0.725. The maximum atomic E-state index is 11.0. The van der Waals surface area contributed by atoms with E-state index < -0.39 is 5.97 Å². The third-order valence-corrected chi connectivity index (χ3v) is 3.08. The summed E-state index contributed by atoms with van der Waals surface area (Å²) in [4.78, 5) is 21.4. The van der Waals surface area contributed by atoms with Gasteiger partial charge in [0.2, 0.25) is 0 Å². The van der Waals surface area contributed by atoms with Crippen LogP contribution in [0.25, 0.3) is 0 Å². The normalized spacial score (nSPS) is 24.8. The minimum Gasteiger partial charge on any atom is -0.481 e. The lowest BCUT2D eigenvalue weighted by atomic mass is 9.99. The molecular formula is C11H15N3O2. The van der Waals surface area contributed by atoms with Gasteiger partial charge in [-0.15, -0.1) is 0 Å². The highest BCUT2D eigenvalue weighted by molar-refractivity contribution is 5.72. The molecule has 1 fully saturated rings. The molecule has 0 aliphatic carbocycles. The molecule has 0 radical (unpaired) electrons. The van der Waals surface area contributed by atoms with Gasteiger partial charge in [-0.3, -0.25) is 9.78 Å². The van der Waals surface area contributed by atoms with Gasteiger partial charge in [0.1, 0.15) is 5.82 Å². The van der Waals surface area contributed by atoms with E-state index in [1.54, 1.807) is 12.4 Å². The van der Waals surface area contributed by atoms with Crippen molar-refractivity contribution in [1.82, 2.24) is 9.97 Å². The maximum absolute atomic E-state index is 11.0. The van der Waals surface area contributed by atoms with Crippen molar-refractivity contribution in [3.05, 3.63) is 18.1 Å². The molecule has 2 heterocycles. The number of hydrogen-bond acceptors (Lipinski definition) is 4. The van der Waals surface area contributed by atoms with E-state index in [2.05, 4.69) is 9.97 Å². The molecule has 1 N–H and O–H groups in total. The van der Waals surface area contributed by atoms with Crippen molar-refractivity contribution in [2.45, 2.75) is 13.8 Å². The largest absolute Gasteiger partial charge is 0.481 e. The summed E-state index contributed by atoms with van der Waals surface area (Å²) in [6.07, 6.45) is 3.29. The van der Waals surface area contributed by atoms with Gasteiger partial charge in [0.05, 0.1) is 11.6 Å². The van der Waals surface area contributed by atoms with Crippen molar-refractivity contribution in [2.24, 2.45) is 11.8 Å². The summed E-state index contributed by atoms with van der Waals surface area (Å²) < 4.78 is 0. The predicted octanol–water partition coefficient (Wildman–Crippen LogP) is 0.942. The van der Waals surface area contributed by atoms with Crippen LogP contribution in [0.3, 0.4) is 0 Å². The van der Waals surface area contributed by atoms with Gasteiger partial charge in [0.15, 0.2) is 0 Å². The zero-order chi connectivity index (χ0) is 11.7. The van der Waals surface area contributed by atoms with Crippen LogP contribution in [0.4, 0.5) is 5.82 Å². The highest BCUT2D eigenvalue weighted by atomic mass is 16.4. The third kappa shape index (κ3) is 1.85. The summed E-state index contributed by atoms with van der Waals surface area (Å²) >= 11 is 0. The number of nitrogens with zero attached hydrogens (tertiary/aromatic N) is 3. The SMILES string of the molecule is Cc1nccnc1N1CC(C)C(C(=O)O)C1. The quantitative estimate of drug-likeness (QED) is 0.805. The number of aromatic nitrogens is 2. The summed E-state index contributed by atoms with van der Waals surface area (Å²) in [5.41, 5.74) is 0.848. The van der Waals surface area contributed by atoms with Gasteiger partial charge in [-0.2, -0.15) is 0 Å². The van der Waals surface area contributed by atoms with Gasteiger partial charge < -0.3 is 10.0 Å². The van der Waals surface area contributed by atoms with Crippen molar-refractivity contribution in [1.29, 1.82) is 0 Å². The Labute approximate surface area is 94.1 Å². The Morgan fingerprint density at radius 2 is 2.12 bits per heavy atom. The Morgan fingerprint density at radius 3 is 2.69 bits per heavy atom. The van der Waals surface area contributed by atoms with Crippen molar-refractivity contribution in [3.63, 3.8) is 0 Å². The standard InChI is InChI=1S/C11H15N3O2/c1-7-5-14(6-9(7)11(15)16)10-8(2)12-3-4-13-10/h3-4,7,9H,5-6H2,1-2H3,(H,15,16). The number of aryl methyl sites for hydroxylation is 1. The first-order chi connectivity index (χ1) is 7.59. The Bertz CT molecular complexity index is 408. The first-order valence-electron chi connectivity index (χ1n) is 5.35. The number of hydrogen-bond donors (Lipinski definition) is 1. The van der Waals surface area contributed by atoms with E-state index in [1.807, 2.05) is 18.7 Å². The van der Waals surface area contributed by atoms with Crippen molar-refractivity contribution >= 4 is 11.8 Å². The lowest BCUT2D eigenvalue weighted by molar-refractivity contribution is -0.142. The molecular weight excluding hydrogens is 206 g/mol. The number of carboxylic acids is 1. The Morgan fingerprint density at radius 1 is 1.44 bits per heavy atom. The van der Waals surface area contributed by atoms with Crippen LogP contribution in [0, 0.1) is 18.8 Å². The van der Waals surface area contributed by atoms with Crippen LogP contribution >= 0.6 is 0 Å². The highest BCUT2D eigenvalue weighted by Crippen LogP contribution is 2.27. The summed E-state index contributed by atoms with van der Waals surface area (Å²) in [6.45, 7) is 5.11. The Kier molecular flexibility index (Phi) is 2.77. The molecule has 0 amide bonds. The van der Waals surface area contributed by atoms with E-state index in [0.717, 1.165) is 18.1 Å². The maximum Gasteiger partial charge on any atom is 0.308 e. The third-order valence-electron chi connectivity index (χ3n) is 3.08. The smallest absolute Gasteiger partial charge is 0.308 e. The molecule has 0 spiro atoms. The summed E-state index contributed by atoms with van der Waals surface area (Å²) in [7, 11) is 0. The number of rotatable bonds is 2. The molecule has 0 aromatic carbocycles. The molecule has 2 unspecified atom stereocenters. The van der Waals surface area contributed by atoms with Crippen molar-refractivity contribution in [3.8, 4) is 0 Å². The molecule has 1 saturated heterocycles. The van der Waals surface area contributed by atoms with Crippen LogP contribution in [0.15, 0.2) is 12.4 Å². The molecule has 1 aromatic heterocycles. The van der Waals surface area contributed by atoms with E-state index in [9.17, 15) is 4.79 Å². The molecule has 1 aromatic rings. The lowest BCUT2D eigenvalue weighted by Gasteiger charge is -2.17. The molecule has 86 valence electrons. The first kappa shape index (κ1) is 10.9. The van der Waals surface area contributed by atoms with Crippen LogP contribution in [0.5, 0.6) is 0 Å². The Balaban J connectivity index is 2.20. The topological polar surface area (TPSA) is 66.3 Å². The zero-order valence-electron chi connectivity index (χ0n) is 9.42. The van der Waals surface area contributed by atoms with E-state index in [4.69, 9.17) is 5.11 Å². The van der Waals surface area contributed by atoms with Crippen LogP contribution in [-0.2, 0) is 4.79 Å². The van der Waals surface area contributed by atoms with E-state index >= 15 is 0 Å². The van der Waals surface area contributed by atoms with Gasteiger partial charge >= 0.3 is 5.97 Å². The molecule has 2 rings (SSSR count). The second-order valence-corrected chi connectivity index (χ2v) is 4.29. The van der Waals surface area contributed by atoms with Gasteiger partial charge in [0.25, 0.3) is 0 Å². The van der Waals surface area contributed by atoms with Crippen molar-refractivity contribution in [2.75, 3.05) is 18.0 Å². The van der Waals surface area contributed by atoms with Gasteiger partial charge in [0, 0.05) is 25.5 Å². The molecule has 1 aliphatic heterocycles. The van der Waals surface area contributed by atoms with E-state index in [-0.39, 0.29) is 11.8 Å². The van der Waals surface area contributed by atoms with E-state index in [0.29, 0.717) is 6.54 Å². The van der Waals surface area contributed by atoms with Gasteiger partial charge in [-0.05, 0) is 12.8 Å². The fourth-order valence-corrected chi connectivity index (χ4v) is 2.17. The monoisotopic (exact) mass is 221 g/mol. The second-order valence-electron chi connectivity index (χ2n) is 4.29. The number of carbonyl (C=O) groups is 1. The lowest BCUT2D eigenvalue weighted by Crippen LogP contribution is -2.24. The average Bonchev–Trinajstić information content (AvgIpc) is 2.61. The van der Waals surface area contributed by atoms with E-state index in [1.165, 1.54) is 0 Å². The average molecular weight is 221 g/mol. The highest BCUT2D eigenvalue weighted by Gasteiger charge is 2.35. The van der Waals surface area contributed by atoms with Crippen LogP contribution in [-0.4, -0.2) is 34.1 Å². The zero-order valence-corrected chi connectivity index (χ0v) is 9.42. The number of aliphatic carboxylic acids is 1. The minimum absolute atomic E-state index is 0.152. The summed E-state index contributed by atoms with van der Waals surface area (Å²) in [5, 5.41) is 9.05. The molecule has 16 heavy (non-hydrogen) atoms. The molecule has 2 atom stereocenters. The fraction of sp³-hybridized carbons (Fsp3) is 0.545. The Hall–Kier alpha value is -1.65. The second kappa shape index (κ2) is 4.08. The van der Waals surface area contributed by atoms with Crippen LogP contribution < -0.4 is 4.90 Å². The molecule has 5 heteroatoms. The van der Waals surface area contributed by atoms with Gasteiger partial charge in [-0.25, -0.2) is 4.98 Å². The molecule has 0 saturated carbocycles. The number of anilines is 1. The van der Waals surface area contributed by atoms with Crippen LogP contribution in [0.1, 0.15) is 12.6 Å².